The molecule has 2 aromatic carbocycles. The normalized spacial score (nSPS) is 10.2. The Morgan fingerprint density at radius 1 is 1.12 bits per heavy atom. The van der Waals surface area contributed by atoms with Crippen molar-refractivity contribution in [3.05, 3.63) is 71.9 Å². The fourth-order valence-electron chi connectivity index (χ4n) is 3.49. The highest BCUT2D eigenvalue weighted by molar-refractivity contribution is 6.07. The monoisotopic (exact) mass is 460 g/mol. The number of aromatic nitrogens is 2. The number of carbonyl (C=O) groups excluding carboxylic acids is 2. The number of ether oxygens (including phenoxy) is 4. The van der Waals surface area contributed by atoms with E-state index in [2.05, 4.69) is 17.6 Å². The van der Waals surface area contributed by atoms with Crippen LogP contribution in [0.3, 0.4) is 0 Å². The molecule has 8 nitrogen and oxygen atoms in total. The summed E-state index contributed by atoms with van der Waals surface area (Å²) in [6.07, 6.45) is 7.48. The Kier molecular flexibility index (Phi) is 7.72. The van der Waals surface area contributed by atoms with Gasteiger partial charge in [0.15, 0.2) is 17.2 Å². The summed E-state index contributed by atoms with van der Waals surface area (Å²) in [6, 6.07) is 12.4. The van der Waals surface area contributed by atoms with Gasteiger partial charge in [-0.2, -0.15) is 5.10 Å². The van der Waals surface area contributed by atoms with E-state index in [1.54, 1.807) is 42.5 Å². The molecule has 0 saturated heterocycles. The van der Waals surface area contributed by atoms with Crippen molar-refractivity contribution in [1.29, 1.82) is 0 Å². The Morgan fingerprint density at radius 2 is 1.82 bits per heavy atom. The van der Waals surface area contributed by atoms with Gasteiger partial charge >= 0.3 is 11.9 Å². The molecule has 0 radical (unpaired) electrons. The molecule has 174 valence electrons. The van der Waals surface area contributed by atoms with Gasteiger partial charge in [0.1, 0.15) is 17.9 Å². The van der Waals surface area contributed by atoms with E-state index in [9.17, 15) is 9.59 Å². The van der Waals surface area contributed by atoms with Gasteiger partial charge in [-0.1, -0.05) is 30.2 Å². The lowest BCUT2D eigenvalue weighted by atomic mass is 10.00. The van der Waals surface area contributed by atoms with Gasteiger partial charge in [0.05, 0.1) is 27.0 Å². The van der Waals surface area contributed by atoms with E-state index in [4.69, 9.17) is 25.4 Å². The first-order valence-corrected chi connectivity index (χ1v) is 10.2. The van der Waals surface area contributed by atoms with E-state index >= 15 is 0 Å². The second-order valence-corrected chi connectivity index (χ2v) is 6.96. The van der Waals surface area contributed by atoms with Gasteiger partial charge in [-0.3, -0.25) is 0 Å². The van der Waals surface area contributed by atoms with Crippen LogP contribution in [0.25, 0.3) is 16.9 Å². The van der Waals surface area contributed by atoms with E-state index in [1.165, 1.54) is 26.0 Å². The Labute approximate surface area is 197 Å². The second kappa shape index (κ2) is 10.9. The summed E-state index contributed by atoms with van der Waals surface area (Å²) in [5.74, 6) is 1.79. The summed E-state index contributed by atoms with van der Waals surface area (Å²) in [4.78, 5) is 25.7. The number of esters is 2. The first-order valence-electron chi connectivity index (χ1n) is 10.2. The summed E-state index contributed by atoms with van der Waals surface area (Å²) in [7, 11) is 3.95. The highest BCUT2D eigenvalue weighted by Gasteiger charge is 2.32. The molecule has 0 amide bonds. The lowest BCUT2D eigenvalue weighted by Gasteiger charge is -2.15. The molecule has 1 heterocycles. The van der Waals surface area contributed by atoms with Crippen molar-refractivity contribution in [1.82, 2.24) is 9.78 Å². The maximum Gasteiger partial charge on any atom is 0.357 e. The number of carbonyl (C=O) groups is 2. The van der Waals surface area contributed by atoms with Crippen LogP contribution in [0.2, 0.25) is 0 Å². The second-order valence-electron chi connectivity index (χ2n) is 6.96. The van der Waals surface area contributed by atoms with E-state index in [1.807, 2.05) is 6.07 Å². The number of benzene rings is 2. The van der Waals surface area contributed by atoms with Crippen LogP contribution in [-0.2, 0) is 15.9 Å². The maximum atomic E-state index is 12.9. The first-order chi connectivity index (χ1) is 16.5. The summed E-state index contributed by atoms with van der Waals surface area (Å²) in [5, 5.41) is 4.62. The minimum Gasteiger partial charge on any atom is -0.493 e. The van der Waals surface area contributed by atoms with Gasteiger partial charge in [0, 0.05) is 11.1 Å². The van der Waals surface area contributed by atoms with Crippen molar-refractivity contribution in [3.63, 3.8) is 0 Å². The molecule has 3 rings (SSSR count). The topological polar surface area (TPSA) is 88.9 Å². The smallest absolute Gasteiger partial charge is 0.357 e. The number of methoxy groups -OCH3 is 3. The fraction of sp³-hybridized carbons (Fsp3) is 0.192. The SMILES string of the molecule is C#CCOc1c(CC=C)cc(-c2nn(-c3ccccc3)c(C(=O)OC)c2C(=O)OC)cc1OC. The van der Waals surface area contributed by atoms with Crippen molar-refractivity contribution in [2.45, 2.75) is 6.42 Å². The Hall–Kier alpha value is -4.51. The van der Waals surface area contributed by atoms with Crippen molar-refractivity contribution in [3.8, 4) is 40.8 Å². The van der Waals surface area contributed by atoms with E-state index in [0.29, 0.717) is 34.7 Å². The fourth-order valence-corrected chi connectivity index (χ4v) is 3.49. The molecular formula is C26H24N2O6. The number of rotatable bonds is 9. The maximum absolute atomic E-state index is 12.9. The molecule has 0 aliphatic carbocycles. The van der Waals surface area contributed by atoms with Gasteiger partial charge in [0.25, 0.3) is 0 Å². The van der Waals surface area contributed by atoms with Crippen LogP contribution in [0, 0.1) is 12.3 Å². The Morgan fingerprint density at radius 3 is 2.41 bits per heavy atom. The predicted molar refractivity (Wildman–Crippen MR) is 126 cm³/mol. The van der Waals surface area contributed by atoms with Crippen LogP contribution in [0.4, 0.5) is 0 Å². The molecule has 3 aromatic rings. The first kappa shape index (κ1) is 24.1. The van der Waals surface area contributed by atoms with Crippen LogP contribution in [0.15, 0.2) is 55.1 Å². The molecule has 0 bridgehead atoms. The van der Waals surface area contributed by atoms with E-state index in [-0.39, 0.29) is 23.6 Å². The average Bonchev–Trinajstić information content (AvgIpc) is 3.28. The van der Waals surface area contributed by atoms with Crippen molar-refractivity contribution < 1.29 is 28.5 Å². The molecular weight excluding hydrogens is 436 g/mol. The zero-order valence-corrected chi connectivity index (χ0v) is 19.2. The standard InChI is InChI=1S/C26H24N2O6/c1-6-11-17-15-18(16-20(31-3)24(17)34-14-7-2)22-21(25(29)32-4)23(26(30)33-5)28(27-22)19-12-9-8-10-13-19/h2,6,8-10,12-13,15-16H,1,11,14H2,3-5H3. The third kappa shape index (κ3) is 4.64. The number of allylic oxidation sites excluding steroid dienone is 1. The lowest BCUT2D eigenvalue weighted by Crippen LogP contribution is -2.15. The molecule has 0 aliphatic heterocycles. The van der Waals surface area contributed by atoms with Crippen molar-refractivity contribution >= 4 is 11.9 Å². The molecule has 34 heavy (non-hydrogen) atoms. The zero-order valence-electron chi connectivity index (χ0n) is 19.2. The van der Waals surface area contributed by atoms with Gasteiger partial charge < -0.3 is 18.9 Å². The summed E-state index contributed by atoms with van der Waals surface area (Å²) in [6.45, 7) is 3.84. The quantitative estimate of drug-likeness (QED) is 0.272. The lowest BCUT2D eigenvalue weighted by molar-refractivity contribution is 0.0549. The number of terminal acetylenes is 1. The molecule has 0 saturated carbocycles. The van der Waals surface area contributed by atoms with Crippen LogP contribution in [0.1, 0.15) is 26.4 Å². The summed E-state index contributed by atoms with van der Waals surface area (Å²) < 4.78 is 22.6. The molecule has 0 aliphatic rings. The molecule has 0 unspecified atom stereocenters. The van der Waals surface area contributed by atoms with E-state index in [0.717, 1.165) is 0 Å². The van der Waals surface area contributed by atoms with Crippen LogP contribution >= 0.6 is 0 Å². The number of para-hydroxylation sites is 1. The Bertz CT molecular complexity index is 1250. The zero-order chi connectivity index (χ0) is 24.7. The minimum atomic E-state index is -0.741. The highest BCUT2D eigenvalue weighted by Crippen LogP contribution is 2.39. The van der Waals surface area contributed by atoms with Gasteiger partial charge in [-0.15, -0.1) is 13.0 Å². The van der Waals surface area contributed by atoms with Crippen molar-refractivity contribution in [2.75, 3.05) is 27.9 Å². The molecule has 0 spiro atoms. The largest absolute Gasteiger partial charge is 0.493 e. The summed E-state index contributed by atoms with van der Waals surface area (Å²) >= 11 is 0. The molecule has 0 fully saturated rings. The number of hydrogen-bond donors (Lipinski definition) is 0. The molecule has 8 heteroatoms. The summed E-state index contributed by atoms with van der Waals surface area (Å²) in [5.41, 5.74) is 1.88. The van der Waals surface area contributed by atoms with E-state index < -0.39 is 11.9 Å². The van der Waals surface area contributed by atoms with Crippen LogP contribution in [-0.4, -0.2) is 49.7 Å². The highest BCUT2D eigenvalue weighted by atomic mass is 16.5. The van der Waals surface area contributed by atoms with Gasteiger partial charge in [-0.25, -0.2) is 14.3 Å². The average molecular weight is 460 g/mol. The van der Waals surface area contributed by atoms with Gasteiger partial charge in [0.2, 0.25) is 0 Å². The number of nitrogens with zero attached hydrogens (tertiary/aromatic N) is 2. The molecule has 0 atom stereocenters. The van der Waals surface area contributed by atoms with Crippen molar-refractivity contribution in [2.24, 2.45) is 0 Å². The Balaban J connectivity index is 2.37. The van der Waals surface area contributed by atoms with Crippen LogP contribution in [0.5, 0.6) is 11.5 Å². The predicted octanol–water partition coefficient (Wildman–Crippen LogP) is 3.86. The third-order valence-corrected chi connectivity index (χ3v) is 4.94. The number of hydrogen-bond acceptors (Lipinski definition) is 7. The van der Waals surface area contributed by atoms with Crippen LogP contribution < -0.4 is 9.47 Å². The third-order valence-electron chi connectivity index (χ3n) is 4.94. The minimum absolute atomic E-state index is 0.0397. The molecule has 0 N–H and O–H groups in total. The molecule has 1 aromatic heterocycles. The van der Waals surface area contributed by atoms with Gasteiger partial charge in [-0.05, 0) is 30.7 Å².